The molecule has 6 rings (SSSR count). The van der Waals surface area contributed by atoms with Gasteiger partial charge in [0, 0.05) is 48.3 Å². The Morgan fingerprint density at radius 2 is 1.84 bits per heavy atom. The largest absolute Gasteiger partial charge is 0.508 e. The van der Waals surface area contributed by atoms with E-state index in [1.54, 1.807) is 6.07 Å². The second-order valence-electron chi connectivity index (χ2n) is 10.8. The molecular weight excluding hydrogens is 398 g/mol. The van der Waals surface area contributed by atoms with Gasteiger partial charge in [-0.1, -0.05) is 18.2 Å². The summed E-state index contributed by atoms with van der Waals surface area (Å²) in [5, 5.41) is 13.6. The SMILES string of the molecule is CN1CCC2(CCN(c3ccc4c(c3)OC3(CCNCC3)CC4c3cccc(O)c3)C2)C1. The summed E-state index contributed by atoms with van der Waals surface area (Å²) >= 11 is 0. The zero-order valence-corrected chi connectivity index (χ0v) is 19.1. The maximum atomic E-state index is 10.1. The highest BCUT2D eigenvalue weighted by Crippen LogP contribution is 2.49. The number of nitrogens with zero attached hydrogens (tertiary/aromatic N) is 2. The molecule has 0 amide bonds. The molecule has 2 unspecified atom stereocenters. The van der Waals surface area contributed by atoms with Crippen molar-refractivity contribution in [3.8, 4) is 11.5 Å². The van der Waals surface area contributed by atoms with Gasteiger partial charge in [0.1, 0.15) is 17.1 Å². The van der Waals surface area contributed by atoms with Gasteiger partial charge in [0.05, 0.1) is 0 Å². The molecule has 0 aromatic heterocycles. The normalized spacial score (nSPS) is 29.4. The standard InChI is InChI=1S/C27H35N3O2/c1-29-13-9-26(18-29)10-14-30(19-26)21-5-6-23-24(20-3-2-4-22(31)15-20)17-27(32-25(23)16-21)7-11-28-12-8-27/h2-6,15-16,24,28,31H,7-14,17-19H2,1H3. The van der Waals surface area contributed by atoms with Crippen molar-refractivity contribution in [3.63, 3.8) is 0 Å². The minimum absolute atomic E-state index is 0.118. The van der Waals surface area contributed by atoms with Gasteiger partial charge < -0.3 is 25.0 Å². The quantitative estimate of drug-likeness (QED) is 0.751. The maximum absolute atomic E-state index is 10.1. The third kappa shape index (κ3) is 3.56. The van der Waals surface area contributed by atoms with E-state index in [9.17, 15) is 5.11 Å². The fourth-order valence-electron chi connectivity index (χ4n) is 6.73. The van der Waals surface area contributed by atoms with Gasteiger partial charge in [0.15, 0.2) is 0 Å². The van der Waals surface area contributed by atoms with E-state index in [0.29, 0.717) is 11.2 Å². The summed E-state index contributed by atoms with van der Waals surface area (Å²) in [7, 11) is 2.25. The van der Waals surface area contributed by atoms with Gasteiger partial charge in [-0.2, -0.15) is 0 Å². The van der Waals surface area contributed by atoms with Gasteiger partial charge >= 0.3 is 0 Å². The van der Waals surface area contributed by atoms with Crippen LogP contribution in [0.4, 0.5) is 5.69 Å². The predicted octanol–water partition coefficient (Wildman–Crippen LogP) is 3.96. The molecule has 2 aromatic rings. The second kappa shape index (κ2) is 7.67. The molecule has 2 aromatic carbocycles. The van der Waals surface area contributed by atoms with Crippen LogP contribution in [0.2, 0.25) is 0 Å². The lowest BCUT2D eigenvalue weighted by atomic mass is 9.75. The molecule has 0 radical (unpaired) electrons. The number of phenols is 1. The lowest BCUT2D eigenvalue weighted by Crippen LogP contribution is -2.49. The van der Waals surface area contributed by atoms with E-state index in [-0.39, 0.29) is 11.5 Å². The van der Waals surface area contributed by atoms with E-state index in [1.807, 2.05) is 12.1 Å². The van der Waals surface area contributed by atoms with Crippen LogP contribution in [0.5, 0.6) is 11.5 Å². The van der Waals surface area contributed by atoms with E-state index in [1.165, 1.54) is 42.7 Å². The summed E-state index contributed by atoms with van der Waals surface area (Å²) in [4.78, 5) is 5.07. The lowest BCUT2D eigenvalue weighted by Gasteiger charge is -2.45. The van der Waals surface area contributed by atoms with Crippen LogP contribution in [0, 0.1) is 5.41 Å². The van der Waals surface area contributed by atoms with E-state index in [0.717, 1.165) is 51.2 Å². The number of benzene rings is 2. The zero-order valence-electron chi connectivity index (χ0n) is 19.1. The number of piperidine rings is 1. The molecule has 5 nitrogen and oxygen atoms in total. The Bertz CT molecular complexity index is 1000. The first-order chi connectivity index (χ1) is 15.5. The minimum atomic E-state index is -0.118. The van der Waals surface area contributed by atoms with Crippen molar-refractivity contribution >= 4 is 5.69 Å². The van der Waals surface area contributed by atoms with Crippen molar-refractivity contribution in [3.05, 3.63) is 53.6 Å². The topological polar surface area (TPSA) is 48.0 Å². The molecule has 4 heterocycles. The molecule has 0 bridgehead atoms. The van der Waals surface area contributed by atoms with Crippen molar-refractivity contribution in [2.24, 2.45) is 5.41 Å². The van der Waals surface area contributed by atoms with Crippen LogP contribution in [0.3, 0.4) is 0 Å². The summed E-state index contributed by atoms with van der Waals surface area (Å²) in [6.45, 7) is 6.75. The van der Waals surface area contributed by atoms with E-state index in [2.05, 4.69) is 46.4 Å². The predicted molar refractivity (Wildman–Crippen MR) is 128 cm³/mol. The molecule has 2 N–H and O–H groups in total. The molecule has 3 saturated heterocycles. The summed E-state index contributed by atoms with van der Waals surface area (Å²) in [5.41, 5.74) is 4.10. The van der Waals surface area contributed by atoms with Crippen LogP contribution in [0.1, 0.15) is 49.1 Å². The van der Waals surface area contributed by atoms with Crippen molar-refractivity contribution in [1.29, 1.82) is 0 Å². The molecule has 0 saturated carbocycles. The summed E-state index contributed by atoms with van der Waals surface area (Å²) in [6, 6.07) is 14.7. The molecule has 170 valence electrons. The Hall–Kier alpha value is -2.24. The van der Waals surface area contributed by atoms with Crippen molar-refractivity contribution in [2.45, 2.75) is 43.6 Å². The highest BCUT2D eigenvalue weighted by Gasteiger charge is 2.44. The van der Waals surface area contributed by atoms with E-state index >= 15 is 0 Å². The zero-order chi connectivity index (χ0) is 21.8. The first-order valence-corrected chi connectivity index (χ1v) is 12.3. The summed E-state index contributed by atoms with van der Waals surface area (Å²) in [5.74, 6) is 1.65. The van der Waals surface area contributed by atoms with Crippen molar-refractivity contribution < 1.29 is 9.84 Å². The highest BCUT2D eigenvalue weighted by molar-refractivity contribution is 5.58. The van der Waals surface area contributed by atoms with Crippen LogP contribution in [-0.4, -0.2) is 61.9 Å². The van der Waals surface area contributed by atoms with Crippen LogP contribution in [0.25, 0.3) is 0 Å². The minimum Gasteiger partial charge on any atom is -0.508 e. The average Bonchev–Trinajstić information content (AvgIpc) is 3.38. The molecular formula is C27H35N3O2. The molecule has 4 aliphatic heterocycles. The number of likely N-dealkylation sites (tertiary alicyclic amines) is 1. The van der Waals surface area contributed by atoms with Gasteiger partial charge in [-0.25, -0.2) is 0 Å². The average molecular weight is 434 g/mol. The first kappa shape index (κ1) is 20.4. The monoisotopic (exact) mass is 433 g/mol. The third-order valence-electron chi connectivity index (χ3n) is 8.50. The second-order valence-corrected chi connectivity index (χ2v) is 10.8. The van der Waals surface area contributed by atoms with Crippen LogP contribution in [0.15, 0.2) is 42.5 Å². The lowest BCUT2D eigenvalue weighted by molar-refractivity contribution is 0.0114. The Labute approximate surface area is 191 Å². The number of anilines is 1. The highest BCUT2D eigenvalue weighted by atomic mass is 16.5. The Morgan fingerprint density at radius 3 is 2.62 bits per heavy atom. The Morgan fingerprint density at radius 1 is 1.00 bits per heavy atom. The van der Waals surface area contributed by atoms with Gasteiger partial charge in [-0.3, -0.25) is 0 Å². The third-order valence-corrected chi connectivity index (χ3v) is 8.50. The fourth-order valence-corrected chi connectivity index (χ4v) is 6.73. The van der Waals surface area contributed by atoms with Crippen molar-refractivity contribution in [1.82, 2.24) is 10.2 Å². The Balaban J connectivity index is 1.34. The molecule has 2 atom stereocenters. The van der Waals surface area contributed by atoms with Gasteiger partial charge in [-0.05, 0) is 82.5 Å². The van der Waals surface area contributed by atoms with E-state index < -0.39 is 0 Å². The smallest absolute Gasteiger partial charge is 0.126 e. The number of hydrogen-bond acceptors (Lipinski definition) is 5. The number of phenolic OH excluding ortho intramolecular Hbond substituents is 1. The van der Waals surface area contributed by atoms with Gasteiger partial charge in [0.2, 0.25) is 0 Å². The molecule has 0 aliphatic carbocycles. The van der Waals surface area contributed by atoms with Crippen LogP contribution < -0.4 is 15.0 Å². The number of fused-ring (bicyclic) bond motifs is 1. The fraction of sp³-hybridized carbons (Fsp3) is 0.556. The maximum Gasteiger partial charge on any atom is 0.126 e. The molecule has 3 fully saturated rings. The number of hydrogen-bond donors (Lipinski definition) is 2. The Kier molecular flexibility index (Phi) is 4.88. The van der Waals surface area contributed by atoms with Crippen molar-refractivity contribution in [2.75, 3.05) is 51.2 Å². The van der Waals surface area contributed by atoms with Crippen LogP contribution >= 0.6 is 0 Å². The number of aromatic hydroxyl groups is 1. The number of nitrogens with one attached hydrogen (secondary N) is 1. The molecule has 4 aliphatic rings. The van der Waals surface area contributed by atoms with E-state index in [4.69, 9.17) is 4.74 Å². The molecule has 2 spiro atoms. The number of ether oxygens (including phenoxy) is 1. The van der Waals surface area contributed by atoms with Gasteiger partial charge in [-0.15, -0.1) is 0 Å². The summed E-state index contributed by atoms with van der Waals surface area (Å²) < 4.78 is 6.84. The van der Waals surface area contributed by atoms with Crippen LogP contribution in [-0.2, 0) is 0 Å². The van der Waals surface area contributed by atoms with Gasteiger partial charge in [0.25, 0.3) is 0 Å². The number of rotatable bonds is 2. The molecule has 32 heavy (non-hydrogen) atoms. The first-order valence-electron chi connectivity index (χ1n) is 12.3. The molecule has 5 heteroatoms. The summed E-state index contributed by atoms with van der Waals surface area (Å²) in [6.07, 6.45) is 5.65.